The van der Waals surface area contributed by atoms with Crippen molar-refractivity contribution in [2.24, 2.45) is 0 Å². The summed E-state index contributed by atoms with van der Waals surface area (Å²) in [5.74, 6) is 0. The van der Waals surface area contributed by atoms with Crippen LogP contribution in [0.2, 0.25) is 10.4 Å². The van der Waals surface area contributed by atoms with Crippen LogP contribution in [0.4, 0.5) is 13.9 Å². The first-order valence-electron chi connectivity index (χ1n) is 10.8. The second-order valence-electron chi connectivity index (χ2n) is 8.28. The molecule has 0 heterocycles. The van der Waals surface area contributed by atoms with Crippen molar-refractivity contribution in [2.45, 2.75) is 16.8 Å². The van der Waals surface area contributed by atoms with E-state index in [-0.39, 0.29) is 23.8 Å². The molecule has 172 valence electrons. The van der Waals surface area contributed by atoms with Crippen molar-refractivity contribution < 1.29 is 13.9 Å². The maximum atomic E-state index is 16.7. The molecule has 0 bridgehead atoms. The molecule has 0 amide bonds. The van der Waals surface area contributed by atoms with Crippen molar-refractivity contribution in [1.82, 2.24) is 0 Å². The predicted octanol–water partition coefficient (Wildman–Crippen LogP) is 5.68. The Hall–Kier alpha value is -2.28. The summed E-state index contributed by atoms with van der Waals surface area (Å²) in [6.45, 7) is 0. The number of rotatable bonds is 8. The van der Waals surface area contributed by atoms with Crippen molar-refractivity contribution in [2.75, 3.05) is 0 Å². The zero-order chi connectivity index (χ0) is 23.5. The first-order valence-corrected chi connectivity index (χ1v) is 20.1. The van der Waals surface area contributed by atoms with E-state index in [0.29, 0.717) is 0 Å². The Bertz CT molecular complexity index is 1010. The van der Waals surface area contributed by atoms with E-state index in [4.69, 9.17) is 0 Å². The zero-order valence-electron chi connectivity index (χ0n) is 18.1. The number of hydrogen-bond acceptors (Lipinski definition) is 0. The van der Waals surface area contributed by atoms with Crippen LogP contribution in [0.1, 0.15) is 6.42 Å². The monoisotopic (exact) mass is 576 g/mol. The second kappa shape index (κ2) is 8.82. The first-order chi connectivity index (χ1) is 15.7. The Morgan fingerprint density at radius 2 is 0.576 bits per heavy atom. The van der Waals surface area contributed by atoms with E-state index < -0.39 is 37.2 Å². The van der Waals surface area contributed by atoms with Gasteiger partial charge < -0.3 is 0 Å². The van der Waals surface area contributed by atoms with Gasteiger partial charge in [0, 0.05) is 0 Å². The van der Waals surface area contributed by atoms with Gasteiger partial charge in [0.15, 0.2) is 0 Å². The van der Waals surface area contributed by atoms with Crippen LogP contribution in [-0.2, 0) is 0 Å². The molecular weight excluding hydrogens is 550 g/mol. The molecule has 0 saturated heterocycles. The third-order valence-corrected chi connectivity index (χ3v) is 21.8. The van der Waals surface area contributed by atoms with Crippen LogP contribution in [0, 0.1) is 0 Å². The maximum absolute atomic E-state index is 16.7. The molecule has 0 fully saturated rings. The van der Waals surface area contributed by atoms with Gasteiger partial charge in [0.25, 0.3) is 0 Å². The average Bonchev–Trinajstić information content (AvgIpc) is 2.86. The van der Waals surface area contributed by atoms with E-state index in [1.165, 1.54) is 48.5 Å². The summed E-state index contributed by atoms with van der Waals surface area (Å²) in [6, 6.07) is 31.1. The van der Waals surface area contributed by atoms with Crippen molar-refractivity contribution in [3.05, 3.63) is 121 Å². The van der Waals surface area contributed by atoms with Gasteiger partial charge in [-0.1, -0.05) is 0 Å². The van der Waals surface area contributed by atoms with Gasteiger partial charge in [-0.2, -0.15) is 0 Å². The normalized spacial score (nSPS) is 14.5. The fraction of sp³-hybridized carbons (Fsp3) is 0.111. The average molecular weight is 576 g/mol. The van der Waals surface area contributed by atoms with Crippen molar-refractivity contribution in [3.8, 4) is 0 Å². The molecule has 0 unspecified atom stereocenters. The molecular formula is C27H26As2F4. The van der Waals surface area contributed by atoms with E-state index in [1.54, 1.807) is 72.8 Å². The Labute approximate surface area is 195 Å². The van der Waals surface area contributed by atoms with Gasteiger partial charge >= 0.3 is 196 Å². The molecule has 0 saturated carbocycles. The third kappa shape index (κ3) is 4.44. The van der Waals surface area contributed by atoms with E-state index in [1.807, 2.05) is 0 Å². The summed E-state index contributed by atoms with van der Waals surface area (Å²) in [5.41, 5.74) is 0. The van der Waals surface area contributed by atoms with Crippen LogP contribution < -0.4 is 17.4 Å². The molecule has 0 N–H and O–H groups in total. The first kappa shape index (κ1) is 23.9. The molecule has 0 radical (unpaired) electrons. The molecule has 0 aliphatic carbocycles. The quantitative estimate of drug-likeness (QED) is 0.187. The van der Waals surface area contributed by atoms with Crippen LogP contribution in [0.3, 0.4) is 0 Å². The molecule has 0 nitrogen and oxygen atoms in total. The van der Waals surface area contributed by atoms with Gasteiger partial charge in [-0.15, -0.1) is 0 Å². The molecule has 0 atom stereocenters. The second-order valence-corrected chi connectivity index (χ2v) is 23.5. The fourth-order valence-corrected chi connectivity index (χ4v) is 18.3. The molecule has 0 aliphatic rings. The van der Waals surface area contributed by atoms with E-state index in [2.05, 4.69) is 0 Å². The number of hydrogen-bond donors (Lipinski definition) is 0. The zero-order valence-corrected chi connectivity index (χ0v) is 21.8. The predicted molar refractivity (Wildman–Crippen MR) is 134 cm³/mol. The molecule has 0 aromatic heterocycles. The summed E-state index contributed by atoms with van der Waals surface area (Å²) in [7, 11) is 0. The van der Waals surface area contributed by atoms with Gasteiger partial charge in [-0.3, -0.25) is 0 Å². The Morgan fingerprint density at radius 1 is 0.364 bits per heavy atom. The van der Waals surface area contributed by atoms with Crippen LogP contribution in [0.25, 0.3) is 0 Å². The van der Waals surface area contributed by atoms with Gasteiger partial charge in [0.2, 0.25) is 0 Å². The van der Waals surface area contributed by atoms with Crippen molar-refractivity contribution in [1.29, 1.82) is 0 Å². The van der Waals surface area contributed by atoms with E-state index in [0.717, 1.165) is 0 Å². The molecule has 0 aliphatic heterocycles. The fourth-order valence-electron chi connectivity index (χ4n) is 4.32. The summed E-state index contributed by atoms with van der Waals surface area (Å²) in [6.07, 6.45) is -0.245. The SMILES string of the molecule is F[As](F)(CCC[As](F)(F)(c1ccccc1)c1ccccc1)(c1ccccc1)c1ccccc1. The summed E-state index contributed by atoms with van der Waals surface area (Å²) < 4.78 is 66.9. The van der Waals surface area contributed by atoms with Crippen LogP contribution in [0.15, 0.2) is 121 Å². The van der Waals surface area contributed by atoms with Gasteiger partial charge in [0.1, 0.15) is 0 Å². The molecule has 4 aromatic rings. The van der Waals surface area contributed by atoms with E-state index in [9.17, 15) is 0 Å². The molecule has 4 aromatic carbocycles. The van der Waals surface area contributed by atoms with Gasteiger partial charge in [-0.05, 0) is 0 Å². The number of halogens is 4. The Balaban J connectivity index is 1.74. The molecule has 0 spiro atoms. The Kier molecular flexibility index (Phi) is 6.38. The van der Waals surface area contributed by atoms with Crippen molar-refractivity contribution >= 4 is 44.2 Å². The molecule has 33 heavy (non-hydrogen) atoms. The van der Waals surface area contributed by atoms with Gasteiger partial charge in [-0.25, -0.2) is 0 Å². The van der Waals surface area contributed by atoms with Crippen LogP contribution >= 0.6 is 0 Å². The van der Waals surface area contributed by atoms with E-state index >= 15 is 13.9 Å². The number of benzene rings is 4. The minimum atomic E-state index is -6.33. The third-order valence-electron chi connectivity index (χ3n) is 6.15. The molecule has 4 rings (SSSR count). The Morgan fingerprint density at radius 3 is 0.788 bits per heavy atom. The standard InChI is InChI=1S/C27H26As2F4/c30-28(31,24-14-5-1-6-15-24,25-16-7-2-8-17-25)22-13-23-29(32,33,26-18-9-3-10-19-26)27-20-11-4-12-21-27/h1-12,14-21H,13,22-23H2. The molecule has 6 heteroatoms. The van der Waals surface area contributed by atoms with Gasteiger partial charge in [0.05, 0.1) is 0 Å². The summed E-state index contributed by atoms with van der Waals surface area (Å²) >= 11 is -12.7. The topological polar surface area (TPSA) is 0 Å². The van der Waals surface area contributed by atoms with Crippen molar-refractivity contribution in [3.63, 3.8) is 0 Å². The summed E-state index contributed by atoms with van der Waals surface area (Å²) in [5, 5.41) is -1.06. The summed E-state index contributed by atoms with van der Waals surface area (Å²) in [4.78, 5) is 0. The van der Waals surface area contributed by atoms with Crippen LogP contribution in [0.5, 0.6) is 0 Å². The minimum absolute atomic E-state index is 0.00881. The van der Waals surface area contributed by atoms with Crippen LogP contribution in [-0.4, -0.2) is 26.8 Å².